The molecular formula is C30H49N5OS. The van der Waals surface area contributed by atoms with Crippen molar-refractivity contribution in [1.82, 2.24) is 15.1 Å². The monoisotopic (exact) mass is 527 g/mol. The van der Waals surface area contributed by atoms with Gasteiger partial charge in [-0.2, -0.15) is 0 Å². The predicted molar refractivity (Wildman–Crippen MR) is 159 cm³/mol. The third-order valence-corrected chi connectivity index (χ3v) is 9.20. The summed E-state index contributed by atoms with van der Waals surface area (Å²) in [6, 6.07) is 1.43. The van der Waals surface area contributed by atoms with Crippen LogP contribution in [0, 0.1) is 17.2 Å². The first-order chi connectivity index (χ1) is 17.7. The van der Waals surface area contributed by atoms with Crippen molar-refractivity contribution < 1.29 is 4.79 Å². The van der Waals surface area contributed by atoms with Gasteiger partial charge in [0.25, 0.3) is 0 Å². The summed E-state index contributed by atoms with van der Waals surface area (Å²) in [5.74, 6) is 2.22. The molecule has 0 aromatic carbocycles. The molecule has 2 fully saturated rings. The average molecular weight is 528 g/mol. The van der Waals surface area contributed by atoms with Crippen molar-refractivity contribution >= 4 is 29.3 Å². The van der Waals surface area contributed by atoms with Crippen molar-refractivity contribution in [2.75, 3.05) is 26.4 Å². The number of amidine groups is 2. The molecule has 37 heavy (non-hydrogen) atoms. The Bertz CT molecular complexity index is 922. The Kier molecular flexibility index (Phi) is 11.1. The number of piperidine rings is 2. The van der Waals surface area contributed by atoms with E-state index in [0.29, 0.717) is 36.4 Å². The van der Waals surface area contributed by atoms with Gasteiger partial charge in [-0.15, -0.1) is 11.8 Å². The first-order valence-electron chi connectivity index (χ1n) is 14.1. The van der Waals surface area contributed by atoms with Crippen LogP contribution in [0.2, 0.25) is 0 Å². The molecule has 0 aromatic heterocycles. The first kappa shape index (κ1) is 29.7. The standard InChI is InChI=1S/C30H49N5OS/c1-20(2)30(32-6)35(22(4)31)27-17-25-11-10-12-26(18-27)34(25)16-15-24(19-33-23(5)36)21(3)28-13-8-9-14-29(28)37-7/h9,14,20,24-27,31H,3,8,10-13,15-19H2,1-2,4-7H3,(H,33,36)/b31-22?,32-30-/t24-,25?,26?,27?/m1/s1. The molecule has 6 nitrogen and oxygen atoms in total. The van der Waals surface area contributed by atoms with Gasteiger partial charge in [0.1, 0.15) is 5.84 Å². The molecule has 2 saturated heterocycles. The molecule has 2 aliphatic heterocycles. The summed E-state index contributed by atoms with van der Waals surface area (Å²) in [5.41, 5.74) is 2.58. The molecule has 7 heteroatoms. The van der Waals surface area contributed by atoms with Crippen LogP contribution in [0.4, 0.5) is 0 Å². The van der Waals surface area contributed by atoms with E-state index in [9.17, 15) is 4.79 Å². The van der Waals surface area contributed by atoms with Crippen LogP contribution in [0.25, 0.3) is 0 Å². The number of carbonyl (C=O) groups excluding carboxylic acids is 1. The minimum atomic E-state index is 0.0266. The van der Waals surface area contributed by atoms with Gasteiger partial charge in [-0.3, -0.25) is 20.1 Å². The SMILES string of the molecule is C=C(C1=C(SC)C=CCC1)[C@H](CCN1C2CCCC1CC(N(C(C)=N)/C(=N\C)C(C)C)C2)CNC(C)=O. The molecule has 1 aliphatic carbocycles. The zero-order chi connectivity index (χ0) is 27.1. The number of carbonyl (C=O) groups is 1. The van der Waals surface area contributed by atoms with E-state index in [2.05, 4.69) is 58.9 Å². The minimum absolute atomic E-state index is 0.0266. The number of allylic oxidation sites excluding steroid dienone is 3. The fraction of sp³-hybridized carbons (Fsp3) is 0.700. The van der Waals surface area contributed by atoms with E-state index in [1.54, 1.807) is 18.7 Å². The fourth-order valence-electron chi connectivity index (χ4n) is 6.67. The predicted octanol–water partition coefficient (Wildman–Crippen LogP) is 6.02. The molecule has 2 unspecified atom stereocenters. The molecule has 2 bridgehead atoms. The summed E-state index contributed by atoms with van der Waals surface area (Å²) in [5, 5.41) is 11.6. The molecule has 3 aliphatic rings. The Labute approximate surface area is 229 Å². The second-order valence-corrected chi connectivity index (χ2v) is 12.1. The van der Waals surface area contributed by atoms with Crippen LogP contribution in [0.15, 0.2) is 39.8 Å². The van der Waals surface area contributed by atoms with Crippen molar-refractivity contribution in [3.63, 3.8) is 0 Å². The largest absolute Gasteiger partial charge is 0.356 e. The zero-order valence-electron chi connectivity index (χ0n) is 24.0. The van der Waals surface area contributed by atoms with Gasteiger partial charge >= 0.3 is 0 Å². The molecule has 2 N–H and O–H groups in total. The van der Waals surface area contributed by atoms with Crippen LogP contribution < -0.4 is 5.32 Å². The Morgan fingerprint density at radius 1 is 1.30 bits per heavy atom. The van der Waals surface area contributed by atoms with Gasteiger partial charge in [-0.05, 0) is 75.8 Å². The van der Waals surface area contributed by atoms with E-state index in [1.165, 1.54) is 35.3 Å². The fourth-order valence-corrected chi connectivity index (χ4v) is 7.38. The second-order valence-electron chi connectivity index (χ2n) is 11.2. The summed E-state index contributed by atoms with van der Waals surface area (Å²) >= 11 is 1.80. The summed E-state index contributed by atoms with van der Waals surface area (Å²) in [7, 11) is 1.86. The van der Waals surface area contributed by atoms with Crippen molar-refractivity contribution in [3.05, 3.63) is 34.8 Å². The van der Waals surface area contributed by atoms with Crippen molar-refractivity contribution in [3.8, 4) is 0 Å². The molecule has 0 radical (unpaired) electrons. The molecule has 206 valence electrons. The third kappa shape index (κ3) is 7.38. The second kappa shape index (κ2) is 13.8. The Hall–Kier alpha value is -1.86. The lowest BCUT2D eigenvalue weighted by atomic mass is 9.80. The summed E-state index contributed by atoms with van der Waals surface area (Å²) in [6.07, 6.45) is 15.6. The number of nitrogens with zero attached hydrogens (tertiary/aromatic N) is 3. The van der Waals surface area contributed by atoms with Crippen molar-refractivity contribution in [2.45, 2.75) is 97.2 Å². The number of rotatable bonds is 10. The number of aliphatic imine (C=N–C) groups is 1. The van der Waals surface area contributed by atoms with Crippen LogP contribution in [0.3, 0.4) is 0 Å². The van der Waals surface area contributed by atoms with Crippen LogP contribution in [0.1, 0.15) is 79.1 Å². The van der Waals surface area contributed by atoms with Gasteiger partial charge in [-0.25, -0.2) is 0 Å². The van der Waals surface area contributed by atoms with Crippen LogP contribution >= 0.6 is 11.8 Å². The molecular weight excluding hydrogens is 478 g/mol. The molecule has 3 rings (SSSR count). The smallest absolute Gasteiger partial charge is 0.216 e. The van der Waals surface area contributed by atoms with Gasteiger partial charge in [0, 0.05) is 55.4 Å². The summed E-state index contributed by atoms with van der Waals surface area (Å²) < 4.78 is 0. The van der Waals surface area contributed by atoms with Crippen LogP contribution in [-0.2, 0) is 4.79 Å². The van der Waals surface area contributed by atoms with E-state index in [0.717, 1.165) is 44.5 Å². The highest BCUT2D eigenvalue weighted by Gasteiger charge is 2.41. The van der Waals surface area contributed by atoms with E-state index in [1.807, 2.05) is 14.0 Å². The van der Waals surface area contributed by atoms with Crippen molar-refractivity contribution in [2.24, 2.45) is 16.8 Å². The van der Waals surface area contributed by atoms with Gasteiger partial charge < -0.3 is 10.2 Å². The zero-order valence-corrected chi connectivity index (χ0v) is 24.8. The highest BCUT2D eigenvalue weighted by atomic mass is 32.2. The van der Waals surface area contributed by atoms with Crippen LogP contribution in [0.5, 0.6) is 0 Å². The average Bonchev–Trinajstić information content (AvgIpc) is 2.85. The lowest BCUT2D eigenvalue weighted by Gasteiger charge is -2.52. The summed E-state index contributed by atoms with van der Waals surface area (Å²) in [4.78, 5) is 22.7. The Morgan fingerprint density at radius 3 is 2.51 bits per heavy atom. The van der Waals surface area contributed by atoms with E-state index in [-0.39, 0.29) is 11.8 Å². The number of fused-ring (bicyclic) bond motifs is 2. The normalized spacial score (nSPS) is 25.3. The molecule has 0 saturated carbocycles. The van der Waals surface area contributed by atoms with E-state index in [4.69, 9.17) is 5.41 Å². The van der Waals surface area contributed by atoms with E-state index < -0.39 is 0 Å². The van der Waals surface area contributed by atoms with Gasteiger partial charge in [0.2, 0.25) is 5.91 Å². The highest BCUT2D eigenvalue weighted by molar-refractivity contribution is 8.02. The highest BCUT2D eigenvalue weighted by Crippen LogP contribution is 2.39. The van der Waals surface area contributed by atoms with E-state index >= 15 is 0 Å². The molecule has 0 spiro atoms. The molecule has 1 amide bonds. The number of hydrogen-bond donors (Lipinski definition) is 2. The lowest BCUT2D eigenvalue weighted by Crippen LogP contribution is -2.59. The maximum Gasteiger partial charge on any atom is 0.216 e. The number of nitrogens with one attached hydrogen (secondary N) is 2. The minimum Gasteiger partial charge on any atom is -0.356 e. The number of hydrogen-bond acceptors (Lipinski definition) is 5. The summed E-state index contributed by atoms with van der Waals surface area (Å²) in [6.45, 7) is 14.1. The Balaban J connectivity index is 1.75. The first-order valence-corrected chi connectivity index (χ1v) is 15.3. The quantitative estimate of drug-likeness (QED) is 0.269. The maximum atomic E-state index is 11.8. The number of amides is 1. The molecule has 3 atom stereocenters. The molecule has 2 heterocycles. The van der Waals surface area contributed by atoms with Gasteiger partial charge in [-0.1, -0.05) is 39.0 Å². The lowest BCUT2D eigenvalue weighted by molar-refractivity contribution is -0.119. The Morgan fingerprint density at radius 2 is 1.97 bits per heavy atom. The van der Waals surface area contributed by atoms with Gasteiger partial charge in [0.15, 0.2) is 0 Å². The third-order valence-electron chi connectivity index (χ3n) is 8.38. The van der Waals surface area contributed by atoms with Gasteiger partial charge in [0.05, 0.1) is 5.84 Å². The van der Waals surface area contributed by atoms with Crippen molar-refractivity contribution in [1.29, 1.82) is 5.41 Å². The van der Waals surface area contributed by atoms with Crippen LogP contribution in [-0.4, -0.2) is 71.9 Å². The maximum absolute atomic E-state index is 11.8. The topological polar surface area (TPSA) is 71.8 Å². The number of thioether (sulfide) groups is 1. The molecule has 0 aromatic rings.